The van der Waals surface area contributed by atoms with Crippen LogP contribution in [0.4, 0.5) is 5.69 Å². The molecular formula is C18H19ClN2. The van der Waals surface area contributed by atoms with Gasteiger partial charge in [-0.3, -0.25) is 0 Å². The largest absolute Gasteiger partial charge is 0.399 e. The number of hydrogen-bond donors (Lipinski definition) is 2. The summed E-state index contributed by atoms with van der Waals surface area (Å²) in [7, 11) is 0. The van der Waals surface area contributed by atoms with Crippen molar-refractivity contribution in [3.8, 4) is 0 Å². The van der Waals surface area contributed by atoms with Crippen molar-refractivity contribution in [3.63, 3.8) is 0 Å². The van der Waals surface area contributed by atoms with Crippen LogP contribution >= 0.6 is 11.6 Å². The average molecular weight is 299 g/mol. The van der Waals surface area contributed by atoms with Crippen LogP contribution in [0.25, 0.3) is 0 Å². The van der Waals surface area contributed by atoms with Crippen molar-refractivity contribution >= 4 is 17.3 Å². The zero-order valence-electron chi connectivity index (χ0n) is 11.9. The summed E-state index contributed by atoms with van der Waals surface area (Å²) in [6, 6.07) is 15.2. The number of fused-ring (bicyclic) bond motifs is 3. The molecule has 3 heteroatoms. The van der Waals surface area contributed by atoms with E-state index in [9.17, 15) is 0 Å². The van der Waals surface area contributed by atoms with Crippen LogP contribution in [0.5, 0.6) is 0 Å². The molecule has 2 aromatic carbocycles. The Kier molecular flexibility index (Phi) is 3.16. The number of piperidine rings is 1. The van der Waals surface area contributed by atoms with Gasteiger partial charge in [0, 0.05) is 22.7 Å². The predicted octanol–water partition coefficient (Wildman–Crippen LogP) is 4.11. The molecule has 2 aliphatic rings. The standard InChI is InChI=1S/C18H19ClN2/c19-12-5-8-14-16(10-12)18-15(2-1-9-21-18)17(14)11-3-6-13(20)7-4-11/h3-8,10,15,17-18,21H,1-2,9,20H2. The SMILES string of the molecule is Nc1ccc(C2c3ccc(Cl)cc3C3NCCCC32)cc1. The van der Waals surface area contributed by atoms with Crippen LogP contribution in [0.3, 0.4) is 0 Å². The molecule has 1 heterocycles. The van der Waals surface area contributed by atoms with Gasteiger partial charge in [0.05, 0.1) is 0 Å². The van der Waals surface area contributed by atoms with E-state index in [1.165, 1.54) is 29.5 Å². The van der Waals surface area contributed by atoms with Crippen LogP contribution in [0.1, 0.15) is 41.5 Å². The van der Waals surface area contributed by atoms with Gasteiger partial charge >= 0.3 is 0 Å². The van der Waals surface area contributed by atoms with E-state index >= 15 is 0 Å². The zero-order chi connectivity index (χ0) is 14.4. The van der Waals surface area contributed by atoms with Crippen molar-refractivity contribution in [2.24, 2.45) is 5.92 Å². The maximum absolute atomic E-state index is 6.22. The minimum atomic E-state index is 0.440. The highest BCUT2D eigenvalue weighted by Gasteiger charge is 2.42. The van der Waals surface area contributed by atoms with Crippen LogP contribution in [0.2, 0.25) is 5.02 Å². The molecule has 3 N–H and O–H groups in total. The van der Waals surface area contributed by atoms with Crippen molar-refractivity contribution in [1.82, 2.24) is 5.32 Å². The van der Waals surface area contributed by atoms with Crippen molar-refractivity contribution < 1.29 is 0 Å². The second-order valence-electron chi connectivity index (χ2n) is 6.16. The summed E-state index contributed by atoms with van der Waals surface area (Å²) >= 11 is 6.22. The molecule has 3 unspecified atom stereocenters. The Morgan fingerprint density at radius 2 is 1.86 bits per heavy atom. The second kappa shape index (κ2) is 5.04. The lowest BCUT2D eigenvalue weighted by atomic mass is 9.80. The van der Waals surface area contributed by atoms with Crippen LogP contribution in [0.15, 0.2) is 42.5 Å². The molecule has 2 nitrogen and oxygen atoms in total. The van der Waals surface area contributed by atoms with Crippen molar-refractivity contribution in [1.29, 1.82) is 0 Å². The third kappa shape index (κ3) is 2.14. The minimum absolute atomic E-state index is 0.440. The number of nitrogens with two attached hydrogens (primary N) is 1. The number of hydrogen-bond acceptors (Lipinski definition) is 2. The van der Waals surface area contributed by atoms with Gasteiger partial charge in [0.2, 0.25) is 0 Å². The summed E-state index contributed by atoms with van der Waals surface area (Å²) in [4.78, 5) is 0. The normalized spacial score (nSPS) is 27.2. The van der Waals surface area contributed by atoms with Crippen LogP contribution in [0, 0.1) is 5.92 Å². The zero-order valence-corrected chi connectivity index (χ0v) is 12.6. The molecule has 0 spiro atoms. The van der Waals surface area contributed by atoms with Gasteiger partial charge in [0.25, 0.3) is 0 Å². The number of benzene rings is 2. The Hall–Kier alpha value is -1.51. The summed E-state index contributed by atoms with van der Waals surface area (Å²) in [5, 5.41) is 4.52. The summed E-state index contributed by atoms with van der Waals surface area (Å²) in [5.74, 6) is 1.08. The van der Waals surface area contributed by atoms with Crippen molar-refractivity contribution in [2.75, 3.05) is 12.3 Å². The summed E-state index contributed by atoms with van der Waals surface area (Å²) in [6.07, 6.45) is 2.51. The third-order valence-electron chi connectivity index (χ3n) is 4.95. The van der Waals surface area contributed by atoms with Gasteiger partial charge in [-0.25, -0.2) is 0 Å². The van der Waals surface area contributed by atoms with E-state index in [1.807, 2.05) is 18.2 Å². The van der Waals surface area contributed by atoms with Crippen LogP contribution < -0.4 is 11.1 Å². The topological polar surface area (TPSA) is 38.0 Å². The highest BCUT2D eigenvalue weighted by Crippen LogP contribution is 2.52. The molecule has 1 saturated heterocycles. The fraction of sp³-hybridized carbons (Fsp3) is 0.333. The first-order chi connectivity index (χ1) is 10.2. The van der Waals surface area contributed by atoms with Crippen LogP contribution in [-0.4, -0.2) is 6.54 Å². The van der Waals surface area contributed by atoms with Gasteiger partial charge in [-0.1, -0.05) is 29.8 Å². The highest BCUT2D eigenvalue weighted by molar-refractivity contribution is 6.30. The maximum Gasteiger partial charge on any atom is 0.0409 e. The van der Waals surface area contributed by atoms with E-state index < -0.39 is 0 Å². The van der Waals surface area contributed by atoms with Gasteiger partial charge in [-0.2, -0.15) is 0 Å². The molecule has 1 aliphatic heterocycles. The lowest BCUT2D eigenvalue weighted by molar-refractivity contribution is 0.287. The van der Waals surface area contributed by atoms with Gasteiger partial charge in [0.1, 0.15) is 0 Å². The molecule has 2 aromatic rings. The molecule has 108 valence electrons. The first-order valence-electron chi connectivity index (χ1n) is 7.62. The molecule has 1 aliphatic carbocycles. The number of halogens is 1. The monoisotopic (exact) mass is 298 g/mol. The number of anilines is 1. The van der Waals surface area contributed by atoms with E-state index in [4.69, 9.17) is 17.3 Å². The van der Waals surface area contributed by atoms with Gasteiger partial charge in [-0.05, 0) is 66.3 Å². The fourth-order valence-electron chi connectivity index (χ4n) is 4.07. The van der Waals surface area contributed by atoms with Crippen LogP contribution in [-0.2, 0) is 0 Å². The maximum atomic E-state index is 6.22. The lowest BCUT2D eigenvalue weighted by Gasteiger charge is -2.31. The smallest absolute Gasteiger partial charge is 0.0409 e. The van der Waals surface area contributed by atoms with E-state index in [0.29, 0.717) is 17.9 Å². The summed E-state index contributed by atoms with van der Waals surface area (Å²) < 4.78 is 0. The highest BCUT2D eigenvalue weighted by atomic mass is 35.5. The molecule has 0 amide bonds. The molecule has 0 aromatic heterocycles. The van der Waals surface area contributed by atoms with E-state index in [1.54, 1.807) is 0 Å². The number of nitrogens with one attached hydrogen (secondary N) is 1. The first-order valence-corrected chi connectivity index (χ1v) is 8.00. The molecule has 0 saturated carbocycles. The molecule has 4 rings (SSSR count). The Morgan fingerprint density at radius 3 is 2.67 bits per heavy atom. The second-order valence-corrected chi connectivity index (χ2v) is 6.59. The minimum Gasteiger partial charge on any atom is -0.399 e. The average Bonchev–Trinajstić information content (AvgIpc) is 2.82. The molecular weight excluding hydrogens is 280 g/mol. The van der Waals surface area contributed by atoms with Gasteiger partial charge in [0.15, 0.2) is 0 Å². The molecule has 21 heavy (non-hydrogen) atoms. The quantitative estimate of drug-likeness (QED) is 0.778. The Morgan fingerprint density at radius 1 is 1.05 bits per heavy atom. The molecule has 0 bridgehead atoms. The first kappa shape index (κ1) is 13.2. The van der Waals surface area contributed by atoms with E-state index in [0.717, 1.165) is 17.3 Å². The number of rotatable bonds is 1. The molecule has 1 fully saturated rings. The Bertz CT molecular complexity index is 665. The molecule has 3 atom stereocenters. The van der Waals surface area contributed by atoms with E-state index in [2.05, 4.69) is 29.6 Å². The Labute approximate surface area is 130 Å². The number of nitrogen functional groups attached to an aromatic ring is 1. The predicted molar refractivity (Wildman–Crippen MR) is 87.6 cm³/mol. The molecule has 0 radical (unpaired) electrons. The lowest BCUT2D eigenvalue weighted by Crippen LogP contribution is -2.32. The summed E-state index contributed by atoms with van der Waals surface area (Å²) in [5.41, 5.74) is 10.8. The van der Waals surface area contributed by atoms with Gasteiger partial charge < -0.3 is 11.1 Å². The Balaban J connectivity index is 1.84. The van der Waals surface area contributed by atoms with E-state index in [-0.39, 0.29) is 0 Å². The van der Waals surface area contributed by atoms with Gasteiger partial charge in [-0.15, -0.1) is 0 Å². The summed E-state index contributed by atoms with van der Waals surface area (Å²) in [6.45, 7) is 1.10. The fourth-order valence-corrected chi connectivity index (χ4v) is 4.25. The van der Waals surface area contributed by atoms with Crippen molar-refractivity contribution in [3.05, 3.63) is 64.2 Å². The third-order valence-corrected chi connectivity index (χ3v) is 5.18. The van der Waals surface area contributed by atoms with Crippen molar-refractivity contribution in [2.45, 2.75) is 24.8 Å².